The van der Waals surface area contributed by atoms with Gasteiger partial charge in [-0.1, -0.05) is 19.8 Å². The highest BCUT2D eigenvalue weighted by Gasteiger charge is 2.43. The molecule has 116 valence electrons. The summed E-state index contributed by atoms with van der Waals surface area (Å²) in [6.45, 7) is 5.06. The molecule has 0 amide bonds. The zero-order chi connectivity index (χ0) is 14.8. The molecule has 1 aliphatic carbocycles. The number of carboxylic acid groups (broad SMARTS) is 1. The fourth-order valence-corrected chi connectivity index (χ4v) is 4.09. The third-order valence-corrected chi connectivity index (χ3v) is 5.36. The number of nitrogens with zero attached hydrogens (tertiary/aromatic N) is 2. The Morgan fingerprint density at radius 2 is 1.95 bits per heavy atom. The lowest BCUT2D eigenvalue weighted by Gasteiger charge is -2.43. The second-order valence-corrected chi connectivity index (χ2v) is 7.26. The van der Waals surface area contributed by atoms with Crippen LogP contribution in [0.2, 0.25) is 0 Å². The smallest absolute Gasteiger partial charge is 0.310 e. The molecule has 1 saturated heterocycles. The Bertz CT molecular complexity index is 337. The van der Waals surface area contributed by atoms with E-state index in [1.54, 1.807) is 0 Å². The number of rotatable bonds is 4. The van der Waals surface area contributed by atoms with E-state index >= 15 is 0 Å². The maximum atomic E-state index is 11.8. The van der Waals surface area contributed by atoms with E-state index in [1.165, 1.54) is 6.42 Å². The van der Waals surface area contributed by atoms with E-state index in [0.29, 0.717) is 12.0 Å². The topological polar surface area (TPSA) is 43.8 Å². The summed E-state index contributed by atoms with van der Waals surface area (Å²) in [5, 5.41) is 9.74. The molecular formula is C16H30N2O2. The fourth-order valence-electron chi connectivity index (χ4n) is 4.09. The fraction of sp³-hybridized carbons (Fsp3) is 0.938. The van der Waals surface area contributed by atoms with Gasteiger partial charge in [-0.2, -0.15) is 0 Å². The van der Waals surface area contributed by atoms with Crippen LogP contribution in [-0.4, -0.2) is 60.6 Å². The Morgan fingerprint density at radius 1 is 1.30 bits per heavy atom. The minimum absolute atomic E-state index is 0.484. The second kappa shape index (κ2) is 6.44. The molecule has 4 nitrogen and oxygen atoms in total. The molecule has 1 heterocycles. The van der Waals surface area contributed by atoms with Crippen molar-refractivity contribution < 1.29 is 9.90 Å². The summed E-state index contributed by atoms with van der Waals surface area (Å²) in [6, 6.07) is 0.664. The van der Waals surface area contributed by atoms with Crippen molar-refractivity contribution in [3.63, 3.8) is 0 Å². The number of hydrogen-bond acceptors (Lipinski definition) is 3. The van der Waals surface area contributed by atoms with Gasteiger partial charge in [0, 0.05) is 12.6 Å². The Kier molecular flexibility index (Phi) is 5.08. The van der Waals surface area contributed by atoms with Crippen LogP contribution in [0.1, 0.15) is 45.4 Å². The van der Waals surface area contributed by atoms with Crippen LogP contribution < -0.4 is 0 Å². The molecule has 0 aromatic carbocycles. The van der Waals surface area contributed by atoms with Gasteiger partial charge in [0.2, 0.25) is 0 Å². The minimum Gasteiger partial charge on any atom is -0.481 e. The summed E-state index contributed by atoms with van der Waals surface area (Å²) in [5.41, 5.74) is -0.484. The van der Waals surface area contributed by atoms with Crippen LogP contribution in [0.3, 0.4) is 0 Å². The number of carboxylic acids is 1. The summed E-state index contributed by atoms with van der Waals surface area (Å²) in [7, 11) is 4.28. The van der Waals surface area contributed by atoms with E-state index in [9.17, 15) is 9.90 Å². The molecule has 20 heavy (non-hydrogen) atoms. The number of aliphatic carboxylic acids is 1. The van der Waals surface area contributed by atoms with Crippen molar-refractivity contribution in [3.8, 4) is 0 Å². The SMILES string of the molecule is CC1CCCC(CN2CCC(N(C)C)CC2)(C(=O)O)C1. The summed E-state index contributed by atoms with van der Waals surface area (Å²) >= 11 is 0. The van der Waals surface area contributed by atoms with Gasteiger partial charge in [0.05, 0.1) is 5.41 Å². The molecule has 2 unspecified atom stereocenters. The van der Waals surface area contributed by atoms with Crippen LogP contribution >= 0.6 is 0 Å². The third-order valence-electron chi connectivity index (χ3n) is 5.36. The lowest BCUT2D eigenvalue weighted by molar-refractivity contribution is -0.154. The molecule has 4 heteroatoms. The lowest BCUT2D eigenvalue weighted by Crippen LogP contribution is -2.50. The summed E-state index contributed by atoms with van der Waals surface area (Å²) < 4.78 is 0. The van der Waals surface area contributed by atoms with Crippen molar-refractivity contribution in [2.24, 2.45) is 11.3 Å². The van der Waals surface area contributed by atoms with E-state index in [2.05, 4.69) is 30.8 Å². The first kappa shape index (κ1) is 15.8. The number of likely N-dealkylation sites (tertiary alicyclic amines) is 1. The first-order valence-electron chi connectivity index (χ1n) is 8.05. The van der Waals surface area contributed by atoms with Crippen LogP contribution in [0, 0.1) is 11.3 Å². The molecule has 1 aliphatic heterocycles. The zero-order valence-electron chi connectivity index (χ0n) is 13.3. The maximum absolute atomic E-state index is 11.8. The van der Waals surface area contributed by atoms with Crippen LogP contribution in [0.25, 0.3) is 0 Å². The molecule has 2 fully saturated rings. The quantitative estimate of drug-likeness (QED) is 0.859. The maximum Gasteiger partial charge on any atom is 0.310 e. The predicted molar refractivity (Wildman–Crippen MR) is 80.8 cm³/mol. The summed E-state index contributed by atoms with van der Waals surface area (Å²) in [5.74, 6) is -0.0158. The van der Waals surface area contributed by atoms with Crippen LogP contribution in [0.4, 0.5) is 0 Å². The van der Waals surface area contributed by atoms with E-state index < -0.39 is 11.4 Å². The number of piperidine rings is 1. The van der Waals surface area contributed by atoms with Crippen molar-refractivity contribution in [2.75, 3.05) is 33.7 Å². The lowest BCUT2D eigenvalue weighted by atomic mass is 9.69. The van der Waals surface area contributed by atoms with Gasteiger partial charge in [0.1, 0.15) is 0 Å². The molecule has 0 bridgehead atoms. The van der Waals surface area contributed by atoms with Gasteiger partial charge >= 0.3 is 5.97 Å². The van der Waals surface area contributed by atoms with Gasteiger partial charge in [-0.3, -0.25) is 4.79 Å². The predicted octanol–water partition coefficient (Wildman–Crippen LogP) is 2.29. The second-order valence-electron chi connectivity index (χ2n) is 7.26. The molecule has 0 aromatic rings. The molecule has 0 spiro atoms. The number of carbonyl (C=O) groups is 1. The monoisotopic (exact) mass is 282 g/mol. The molecule has 1 saturated carbocycles. The average Bonchev–Trinajstić information content (AvgIpc) is 2.39. The highest BCUT2D eigenvalue weighted by molar-refractivity contribution is 5.75. The highest BCUT2D eigenvalue weighted by atomic mass is 16.4. The number of hydrogen-bond donors (Lipinski definition) is 1. The molecule has 2 rings (SSSR count). The van der Waals surface area contributed by atoms with E-state index in [4.69, 9.17) is 0 Å². The van der Waals surface area contributed by atoms with Crippen LogP contribution in [-0.2, 0) is 4.79 Å². The summed E-state index contributed by atoms with van der Waals surface area (Å²) in [6.07, 6.45) is 6.31. The van der Waals surface area contributed by atoms with Gasteiger partial charge in [0.25, 0.3) is 0 Å². The van der Waals surface area contributed by atoms with Crippen molar-refractivity contribution in [1.82, 2.24) is 9.80 Å². The average molecular weight is 282 g/mol. The van der Waals surface area contributed by atoms with Crippen molar-refractivity contribution in [3.05, 3.63) is 0 Å². The van der Waals surface area contributed by atoms with Crippen molar-refractivity contribution in [2.45, 2.75) is 51.5 Å². The first-order chi connectivity index (χ1) is 9.43. The zero-order valence-corrected chi connectivity index (χ0v) is 13.3. The standard InChI is InChI=1S/C16H30N2O2/c1-13-5-4-8-16(11-13,15(19)20)12-18-9-6-14(7-10-18)17(2)3/h13-14H,4-12H2,1-3H3,(H,19,20). The summed E-state index contributed by atoms with van der Waals surface area (Å²) in [4.78, 5) is 16.5. The third kappa shape index (κ3) is 3.53. The van der Waals surface area contributed by atoms with E-state index in [0.717, 1.165) is 51.7 Å². The Morgan fingerprint density at radius 3 is 2.45 bits per heavy atom. The van der Waals surface area contributed by atoms with Gasteiger partial charge in [-0.15, -0.1) is 0 Å². The Balaban J connectivity index is 1.95. The van der Waals surface area contributed by atoms with Gasteiger partial charge < -0.3 is 14.9 Å². The minimum atomic E-state index is -0.571. The Labute approximate surface area is 123 Å². The van der Waals surface area contributed by atoms with Gasteiger partial charge in [0.15, 0.2) is 0 Å². The van der Waals surface area contributed by atoms with Crippen LogP contribution in [0.15, 0.2) is 0 Å². The molecule has 0 radical (unpaired) electrons. The molecule has 0 aromatic heterocycles. The normalized spacial score (nSPS) is 33.5. The van der Waals surface area contributed by atoms with E-state index in [-0.39, 0.29) is 0 Å². The Hall–Kier alpha value is -0.610. The van der Waals surface area contributed by atoms with Crippen LogP contribution in [0.5, 0.6) is 0 Å². The van der Waals surface area contributed by atoms with Gasteiger partial charge in [-0.05, 0) is 58.8 Å². The largest absolute Gasteiger partial charge is 0.481 e. The highest BCUT2D eigenvalue weighted by Crippen LogP contribution is 2.40. The molecule has 2 atom stereocenters. The molecule has 1 N–H and O–H groups in total. The molecular weight excluding hydrogens is 252 g/mol. The first-order valence-corrected chi connectivity index (χ1v) is 8.05. The van der Waals surface area contributed by atoms with Crippen molar-refractivity contribution in [1.29, 1.82) is 0 Å². The van der Waals surface area contributed by atoms with E-state index in [1.807, 2.05) is 0 Å². The van der Waals surface area contributed by atoms with Gasteiger partial charge in [-0.25, -0.2) is 0 Å². The van der Waals surface area contributed by atoms with Crippen molar-refractivity contribution >= 4 is 5.97 Å². The molecule has 2 aliphatic rings.